The fourth-order valence-corrected chi connectivity index (χ4v) is 0.248. The third-order valence-corrected chi connectivity index (χ3v) is 0.861. The molecule has 3 N–H and O–H groups in total. The zero-order valence-electron chi connectivity index (χ0n) is 4.92. The van der Waals surface area contributed by atoms with E-state index in [1.165, 1.54) is 0 Å². The second kappa shape index (κ2) is 2.50. The van der Waals surface area contributed by atoms with Crippen LogP contribution in [0.1, 0.15) is 0 Å². The number of carboxylic acid groups (broad SMARTS) is 2. The van der Waals surface area contributed by atoms with Crippen LogP contribution in [0.25, 0.3) is 0 Å². The number of aliphatic hydroxyl groups is 1. The van der Waals surface area contributed by atoms with Gasteiger partial charge in [0.25, 0.3) is 0 Å². The van der Waals surface area contributed by atoms with Crippen LogP contribution in [0.15, 0.2) is 0 Å². The Kier molecular flexibility index (Phi) is 2.11. The molecule has 0 saturated carbocycles. The Hall–Kier alpha value is -1.70. The van der Waals surface area contributed by atoms with Crippen molar-refractivity contribution in [2.45, 2.75) is 5.72 Å². The van der Waals surface area contributed by atoms with Crippen LogP contribution in [-0.4, -0.2) is 37.9 Å². The third-order valence-electron chi connectivity index (χ3n) is 0.861. The monoisotopic (exact) mass is 165 g/mol. The predicted molar refractivity (Wildman–Crippen MR) is 27.2 cm³/mol. The quantitative estimate of drug-likeness (QED) is 0.192. The highest BCUT2D eigenvalue weighted by molar-refractivity contribution is 5.99. The van der Waals surface area contributed by atoms with Crippen LogP contribution in [0.5, 0.6) is 0 Å². The van der Waals surface area contributed by atoms with Gasteiger partial charge in [-0.3, -0.25) is 10.1 Å². The number of nitro groups is 1. The maximum atomic E-state index is 9.83. The number of carboxylic acids is 2. The fourth-order valence-electron chi connectivity index (χ4n) is 0.248. The van der Waals surface area contributed by atoms with E-state index in [4.69, 9.17) is 15.3 Å². The van der Waals surface area contributed by atoms with Crippen LogP contribution in [0.4, 0.5) is 0 Å². The van der Waals surface area contributed by atoms with Crippen molar-refractivity contribution in [3.8, 4) is 0 Å². The number of hydrogen-bond donors (Lipinski definition) is 3. The van der Waals surface area contributed by atoms with Gasteiger partial charge in [-0.25, -0.2) is 9.59 Å². The van der Waals surface area contributed by atoms with Crippen LogP contribution in [0, 0.1) is 10.1 Å². The first kappa shape index (κ1) is 9.30. The molecule has 0 aromatic rings. The van der Waals surface area contributed by atoms with E-state index in [-0.39, 0.29) is 0 Å². The lowest BCUT2D eigenvalue weighted by atomic mass is 10.2. The standard InChI is InChI=1S/C3H3NO7/c5-1(6)3(9,2(7)8)4(10)11/h9H,(H,5,6)(H,7,8). The first-order valence-electron chi connectivity index (χ1n) is 2.17. The van der Waals surface area contributed by atoms with Crippen molar-refractivity contribution in [1.29, 1.82) is 0 Å². The van der Waals surface area contributed by atoms with Gasteiger partial charge in [0.05, 0.1) is 4.92 Å². The molecule has 0 aromatic carbocycles. The normalized spacial score (nSPS) is 10.6. The molecule has 0 atom stereocenters. The molecule has 0 aliphatic rings. The minimum absolute atomic E-state index is 1.81. The molecule has 8 nitrogen and oxygen atoms in total. The Labute approximate surface area is 58.8 Å². The van der Waals surface area contributed by atoms with E-state index >= 15 is 0 Å². The van der Waals surface area contributed by atoms with Crippen LogP contribution in [0.3, 0.4) is 0 Å². The summed E-state index contributed by atoms with van der Waals surface area (Å²) in [4.78, 5) is 27.6. The SMILES string of the molecule is O=C(O)C(O)(C(=O)O)[N+](=O)[O-]. The molecule has 0 radical (unpaired) electrons. The van der Waals surface area contributed by atoms with Gasteiger partial charge in [0.1, 0.15) is 0 Å². The average molecular weight is 165 g/mol. The summed E-state index contributed by atoms with van der Waals surface area (Å²) in [6, 6.07) is 0. The first-order valence-corrected chi connectivity index (χ1v) is 2.17. The van der Waals surface area contributed by atoms with E-state index in [0.717, 1.165) is 0 Å². The molecule has 0 aliphatic carbocycles. The van der Waals surface area contributed by atoms with Crippen molar-refractivity contribution >= 4 is 11.9 Å². The van der Waals surface area contributed by atoms with E-state index in [1.807, 2.05) is 0 Å². The Balaban J connectivity index is 4.99. The molecule has 11 heavy (non-hydrogen) atoms. The lowest BCUT2D eigenvalue weighted by molar-refractivity contribution is -0.590. The summed E-state index contributed by atoms with van der Waals surface area (Å²) in [6.45, 7) is 0. The van der Waals surface area contributed by atoms with E-state index < -0.39 is 22.6 Å². The molecular formula is C3H3NO7. The van der Waals surface area contributed by atoms with Gasteiger partial charge in [-0.1, -0.05) is 0 Å². The summed E-state index contributed by atoms with van der Waals surface area (Å²) in [5.74, 6) is -4.87. The van der Waals surface area contributed by atoms with Crippen molar-refractivity contribution in [3.63, 3.8) is 0 Å². The molecule has 8 heteroatoms. The minimum atomic E-state index is -3.94. The fraction of sp³-hybridized carbons (Fsp3) is 0.333. The van der Waals surface area contributed by atoms with Gasteiger partial charge in [0.2, 0.25) is 0 Å². The van der Waals surface area contributed by atoms with Gasteiger partial charge < -0.3 is 15.3 Å². The largest absolute Gasteiger partial charge is 0.516 e. The van der Waals surface area contributed by atoms with Crippen molar-refractivity contribution in [2.75, 3.05) is 0 Å². The molecule has 0 amide bonds. The van der Waals surface area contributed by atoms with Crippen LogP contribution in [-0.2, 0) is 9.59 Å². The molecular weight excluding hydrogens is 162 g/mol. The molecule has 62 valence electrons. The molecule has 0 unspecified atom stereocenters. The minimum Gasteiger partial charge on any atom is -0.473 e. The highest BCUT2D eigenvalue weighted by Gasteiger charge is 2.58. The summed E-state index contributed by atoms with van der Waals surface area (Å²) in [6.07, 6.45) is 0. The molecule has 0 saturated heterocycles. The summed E-state index contributed by atoms with van der Waals surface area (Å²) >= 11 is 0. The predicted octanol–water partition coefficient (Wildman–Crippen LogP) is -1.88. The van der Waals surface area contributed by atoms with Gasteiger partial charge in [-0.15, -0.1) is 0 Å². The van der Waals surface area contributed by atoms with Gasteiger partial charge in [-0.05, 0) is 0 Å². The van der Waals surface area contributed by atoms with Crippen LogP contribution < -0.4 is 0 Å². The third kappa shape index (κ3) is 1.24. The van der Waals surface area contributed by atoms with Crippen molar-refractivity contribution in [1.82, 2.24) is 0 Å². The van der Waals surface area contributed by atoms with Gasteiger partial charge in [0, 0.05) is 0 Å². The van der Waals surface area contributed by atoms with E-state index in [9.17, 15) is 19.7 Å². The summed E-state index contributed by atoms with van der Waals surface area (Å²) in [5, 5.41) is 33.8. The molecule has 0 spiro atoms. The first-order chi connectivity index (χ1) is 4.83. The zero-order valence-corrected chi connectivity index (χ0v) is 4.92. The van der Waals surface area contributed by atoms with E-state index in [2.05, 4.69) is 0 Å². The van der Waals surface area contributed by atoms with Crippen molar-refractivity contribution in [2.24, 2.45) is 0 Å². The van der Waals surface area contributed by atoms with Crippen LogP contribution >= 0.6 is 0 Å². The highest BCUT2D eigenvalue weighted by Crippen LogP contribution is 2.05. The second-order valence-corrected chi connectivity index (χ2v) is 1.54. The van der Waals surface area contributed by atoms with Crippen molar-refractivity contribution < 1.29 is 29.8 Å². The summed E-state index contributed by atoms with van der Waals surface area (Å²) < 4.78 is 0. The lowest BCUT2D eigenvalue weighted by Gasteiger charge is -2.07. The number of rotatable bonds is 3. The maximum Gasteiger partial charge on any atom is 0.516 e. The zero-order chi connectivity index (χ0) is 9.23. The summed E-state index contributed by atoms with van der Waals surface area (Å²) in [5.41, 5.74) is -3.94. The van der Waals surface area contributed by atoms with Gasteiger partial charge in [0.15, 0.2) is 0 Å². The molecule has 0 bridgehead atoms. The number of aliphatic carboxylic acids is 2. The van der Waals surface area contributed by atoms with E-state index in [1.54, 1.807) is 0 Å². The average Bonchev–Trinajstić information content (AvgIpc) is 1.84. The number of hydrogen-bond acceptors (Lipinski definition) is 5. The van der Waals surface area contributed by atoms with Crippen molar-refractivity contribution in [3.05, 3.63) is 10.1 Å². The molecule has 0 aliphatic heterocycles. The topological polar surface area (TPSA) is 138 Å². The molecule has 0 heterocycles. The Morgan fingerprint density at radius 3 is 1.55 bits per heavy atom. The molecule has 0 fully saturated rings. The Morgan fingerprint density at radius 1 is 1.27 bits per heavy atom. The Bertz CT molecular complexity index is 184. The number of nitrogens with zero attached hydrogens (tertiary/aromatic N) is 1. The number of carbonyl (C=O) groups is 2. The lowest BCUT2D eigenvalue weighted by Crippen LogP contribution is -2.53. The maximum absolute atomic E-state index is 9.83. The molecule has 0 aromatic heterocycles. The van der Waals surface area contributed by atoms with E-state index in [0.29, 0.717) is 0 Å². The highest BCUT2D eigenvalue weighted by atomic mass is 16.7. The van der Waals surface area contributed by atoms with Gasteiger partial charge >= 0.3 is 17.7 Å². The second-order valence-electron chi connectivity index (χ2n) is 1.54. The molecule has 0 rings (SSSR count). The van der Waals surface area contributed by atoms with Crippen LogP contribution in [0.2, 0.25) is 0 Å². The van der Waals surface area contributed by atoms with Gasteiger partial charge in [-0.2, -0.15) is 0 Å². The summed E-state index contributed by atoms with van der Waals surface area (Å²) in [7, 11) is 0. The smallest absolute Gasteiger partial charge is 0.473 e. The Morgan fingerprint density at radius 2 is 1.55 bits per heavy atom.